The SMILES string of the molecule is CCCCC(CC)CN1C(=O)c2c(C)sc(-c3cc4c(s3)-c3sc(C)cc3[Si]4(c3ccccc3)c3ccccc3)c2C1=O. The number of carbonyl (C=O) groups is 2. The minimum absolute atomic E-state index is 0.104. The molecule has 1 unspecified atom stereocenters. The van der Waals surface area contributed by atoms with Gasteiger partial charge in [0.2, 0.25) is 0 Å². The highest BCUT2D eigenvalue weighted by atomic mass is 32.1. The lowest BCUT2D eigenvalue weighted by molar-refractivity contribution is 0.0624. The third-order valence-electron chi connectivity index (χ3n) is 9.23. The van der Waals surface area contributed by atoms with Crippen LogP contribution in [0.25, 0.3) is 19.5 Å². The van der Waals surface area contributed by atoms with Crippen molar-refractivity contribution in [1.29, 1.82) is 0 Å². The van der Waals surface area contributed by atoms with Crippen molar-refractivity contribution in [2.75, 3.05) is 6.54 Å². The van der Waals surface area contributed by atoms with E-state index in [1.807, 2.05) is 29.6 Å². The van der Waals surface area contributed by atoms with Crippen LogP contribution in [0.4, 0.5) is 0 Å². The molecule has 2 amide bonds. The predicted molar refractivity (Wildman–Crippen MR) is 186 cm³/mol. The molecule has 2 aliphatic rings. The van der Waals surface area contributed by atoms with Gasteiger partial charge in [-0.2, -0.15) is 0 Å². The number of carbonyl (C=O) groups excluding carboxylic acids is 2. The van der Waals surface area contributed by atoms with Gasteiger partial charge in [-0.1, -0.05) is 93.8 Å². The summed E-state index contributed by atoms with van der Waals surface area (Å²) in [6.07, 6.45) is 4.27. The van der Waals surface area contributed by atoms with Crippen LogP contribution >= 0.6 is 34.0 Å². The summed E-state index contributed by atoms with van der Waals surface area (Å²) in [5.74, 6) is 0.135. The second kappa shape index (κ2) is 11.1. The van der Waals surface area contributed by atoms with Gasteiger partial charge in [-0.25, -0.2) is 0 Å². The average Bonchev–Trinajstić information content (AvgIpc) is 3.80. The van der Waals surface area contributed by atoms with E-state index in [1.165, 1.54) is 35.4 Å². The van der Waals surface area contributed by atoms with Gasteiger partial charge in [-0.15, -0.1) is 34.0 Å². The molecule has 7 heteroatoms. The largest absolute Gasteiger partial charge is 0.274 e. The van der Waals surface area contributed by atoms with E-state index in [-0.39, 0.29) is 11.8 Å². The zero-order valence-electron chi connectivity index (χ0n) is 25.0. The van der Waals surface area contributed by atoms with Crippen LogP contribution in [-0.2, 0) is 0 Å². The normalized spacial score (nSPS) is 15.6. The Hall–Kier alpha value is -3.10. The first-order valence-electron chi connectivity index (χ1n) is 15.3. The molecule has 0 bridgehead atoms. The van der Waals surface area contributed by atoms with Gasteiger partial charge in [0.1, 0.15) is 0 Å². The minimum Gasteiger partial charge on any atom is -0.274 e. The van der Waals surface area contributed by atoms with E-state index in [1.54, 1.807) is 16.2 Å². The van der Waals surface area contributed by atoms with Crippen LogP contribution in [0.2, 0.25) is 0 Å². The molecule has 218 valence electrons. The second-order valence-electron chi connectivity index (χ2n) is 11.8. The molecule has 0 aliphatic carbocycles. The van der Waals surface area contributed by atoms with Crippen LogP contribution in [0, 0.1) is 19.8 Å². The number of unbranched alkanes of at least 4 members (excludes halogenated alkanes) is 1. The average molecular weight is 638 g/mol. The van der Waals surface area contributed by atoms with E-state index in [0.29, 0.717) is 23.6 Å². The van der Waals surface area contributed by atoms with Crippen molar-refractivity contribution in [3.63, 3.8) is 0 Å². The first kappa shape index (κ1) is 28.7. The maximum Gasteiger partial charge on any atom is 0.263 e. The molecule has 0 fully saturated rings. The molecular formula is C36H35NO2S3Si. The second-order valence-corrected chi connectivity index (χ2v) is 19.1. The minimum atomic E-state index is -2.56. The Morgan fingerprint density at radius 2 is 1.35 bits per heavy atom. The molecule has 3 aromatic heterocycles. The van der Waals surface area contributed by atoms with Crippen LogP contribution < -0.4 is 20.7 Å². The number of benzene rings is 2. The molecule has 0 saturated heterocycles. The third kappa shape index (κ3) is 4.31. The first-order valence-corrected chi connectivity index (χ1v) is 19.7. The number of hydrogen-bond acceptors (Lipinski definition) is 5. The van der Waals surface area contributed by atoms with E-state index in [4.69, 9.17) is 0 Å². The summed E-state index contributed by atoms with van der Waals surface area (Å²) in [5, 5.41) is 5.64. The zero-order chi connectivity index (χ0) is 29.9. The summed E-state index contributed by atoms with van der Waals surface area (Å²) in [6.45, 7) is 9.09. The Labute approximate surface area is 266 Å². The molecule has 1 atom stereocenters. The molecular weight excluding hydrogens is 603 g/mol. The van der Waals surface area contributed by atoms with E-state index < -0.39 is 8.07 Å². The van der Waals surface area contributed by atoms with Crippen molar-refractivity contribution >= 4 is 74.6 Å². The smallest absolute Gasteiger partial charge is 0.263 e. The van der Waals surface area contributed by atoms with Crippen molar-refractivity contribution in [2.45, 2.75) is 53.4 Å². The Morgan fingerprint density at radius 3 is 1.98 bits per heavy atom. The van der Waals surface area contributed by atoms with Gasteiger partial charge < -0.3 is 0 Å². The number of amides is 2. The standard InChI is InChI=1S/C36H35NO2S3Si/c1-5-7-14-24(6-2)21-37-35(38)30-23(4)41-32(31(30)36(37)39)27-20-29-34(42-27)33-28(19-22(3)40-33)43(29,25-15-10-8-11-16-25)26-17-12-9-13-18-26/h8-13,15-20,24H,5-7,14,21H2,1-4H3. The summed E-state index contributed by atoms with van der Waals surface area (Å²) in [4.78, 5) is 36.3. The van der Waals surface area contributed by atoms with Gasteiger partial charge >= 0.3 is 0 Å². The summed E-state index contributed by atoms with van der Waals surface area (Å²) in [5.41, 5.74) is 1.26. The molecule has 3 nitrogen and oxygen atoms in total. The number of thiophene rings is 3. The molecule has 2 aliphatic heterocycles. The van der Waals surface area contributed by atoms with Crippen molar-refractivity contribution in [3.8, 4) is 19.5 Å². The highest BCUT2D eigenvalue weighted by Crippen LogP contribution is 2.47. The lowest BCUT2D eigenvalue weighted by atomic mass is 9.99. The van der Waals surface area contributed by atoms with Crippen molar-refractivity contribution in [1.82, 2.24) is 4.90 Å². The summed E-state index contributed by atoms with van der Waals surface area (Å²) >= 11 is 5.31. The molecule has 0 saturated carbocycles. The Kier molecular flexibility index (Phi) is 7.41. The number of rotatable bonds is 9. The molecule has 5 aromatic rings. The lowest BCUT2D eigenvalue weighted by Gasteiger charge is -2.30. The predicted octanol–water partition coefficient (Wildman–Crippen LogP) is 7.33. The molecule has 2 aromatic carbocycles. The van der Waals surface area contributed by atoms with Gasteiger partial charge in [0.25, 0.3) is 11.8 Å². The fourth-order valence-electron chi connectivity index (χ4n) is 7.10. The summed E-state index contributed by atoms with van der Waals surface area (Å²) in [7, 11) is -2.56. The quantitative estimate of drug-likeness (QED) is 0.123. The summed E-state index contributed by atoms with van der Waals surface area (Å²) < 4.78 is 0. The maximum absolute atomic E-state index is 14.0. The first-order chi connectivity index (χ1) is 20.9. The molecule has 0 N–H and O–H groups in total. The van der Waals surface area contributed by atoms with Crippen LogP contribution in [0.1, 0.15) is 70.0 Å². The number of fused-ring (bicyclic) bond motifs is 4. The number of nitrogens with zero attached hydrogens (tertiary/aromatic N) is 1. The lowest BCUT2D eigenvalue weighted by Crippen LogP contribution is -2.72. The Balaban J connectivity index is 1.39. The van der Waals surface area contributed by atoms with Gasteiger partial charge in [-0.3, -0.25) is 14.5 Å². The highest BCUT2D eigenvalue weighted by molar-refractivity contribution is 7.35. The Bertz CT molecular complexity index is 1810. The highest BCUT2D eigenvalue weighted by Gasteiger charge is 2.51. The number of imide groups is 1. The van der Waals surface area contributed by atoms with E-state index in [2.05, 4.69) is 93.6 Å². The van der Waals surface area contributed by atoms with Gasteiger partial charge in [0, 0.05) is 30.9 Å². The van der Waals surface area contributed by atoms with Gasteiger partial charge in [0.05, 0.1) is 16.0 Å². The van der Waals surface area contributed by atoms with E-state index in [9.17, 15) is 9.59 Å². The summed E-state index contributed by atoms with van der Waals surface area (Å²) in [6, 6.07) is 26.9. The van der Waals surface area contributed by atoms with Crippen LogP contribution in [0.5, 0.6) is 0 Å². The Morgan fingerprint density at radius 1 is 0.744 bits per heavy atom. The monoisotopic (exact) mass is 637 g/mol. The molecule has 0 spiro atoms. The maximum atomic E-state index is 14.0. The fourth-order valence-corrected chi connectivity index (χ4v) is 17.1. The third-order valence-corrected chi connectivity index (χ3v) is 18.0. The van der Waals surface area contributed by atoms with Gasteiger partial charge in [-0.05, 0) is 59.1 Å². The van der Waals surface area contributed by atoms with Crippen molar-refractivity contribution in [2.24, 2.45) is 5.92 Å². The molecule has 0 radical (unpaired) electrons. The van der Waals surface area contributed by atoms with Crippen molar-refractivity contribution in [3.05, 3.63) is 93.7 Å². The topological polar surface area (TPSA) is 37.4 Å². The van der Waals surface area contributed by atoms with Crippen molar-refractivity contribution < 1.29 is 9.59 Å². The molecule has 7 rings (SSSR count). The zero-order valence-corrected chi connectivity index (χ0v) is 28.5. The van der Waals surface area contributed by atoms with Crippen LogP contribution in [0.3, 0.4) is 0 Å². The number of hydrogen-bond donors (Lipinski definition) is 0. The van der Waals surface area contributed by atoms with Crippen LogP contribution in [-0.4, -0.2) is 31.3 Å². The molecule has 43 heavy (non-hydrogen) atoms. The fraction of sp³-hybridized carbons (Fsp3) is 0.278. The van der Waals surface area contributed by atoms with Gasteiger partial charge in [0.15, 0.2) is 8.07 Å². The van der Waals surface area contributed by atoms with Crippen LogP contribution in [0.15, 0.2) is 72.8 Å². The van der Waals surface area contributed by atoms with E-state index in [0.717, 1.165) is 40.3 Å². The molecule has 5 heterocycles. The van der Waals surface area contributed by atoms with E-state index >= 15 is 0 Å². The number of aryl methyl sites for hydroxylation is 2.